The van der Waals surface area contributed by atoms with E-state index in [1.54, 1.807) is 0 Å². The molecule has 6 nitrogen and oxygen atoms in total. The topological polar surface area (TPSA) is 92.9 Å². The van der Waals surface area contributed by atoms with Gasteiger partial charge in [-0.3, -0.25) is 4.79 Å². The molecular weight excluding hydrogens is 224 g/mol. The maximum Gasteiger partial charge on any atom is 0.337 e. The van der Waals surface area contributed by atoms with Crippen molar-refractivity contribution in [1.29, 1.82) is 0 Å². The van der Waals surface area contributed by atoms with Gasteiger partial charge in [0.1, 0.15) is 5.75 Å². The lowest BCUT2D eigenvalue weighted by Gasteiger charge is -2.28. The number of amides is 1. The van der Waals surface area contributed by atoms with E-state index < -0.39 is 5.97 Å². The minimum Gasteiger partial charge on any atom is -0.481 e. The molecule has 0 bridgehead atoms. The Kier molecular flexibility index (Phi) is 2.63. The smallest absolute Gasteiger partial charge is 0.337 e. The van der Waals surface area contributed by atoms with Gasteiger partial charge in [-0.05, 0) is 13.0 Å². The van der Waals surface area contributed by atoms with Crippen LogP contribution in [0.15, 0.2) is 12.1 Å². The molecule has 6 heteroatoms. The normalized spacial score (nSPS) is 14.2. The van der Waals surface area contributed by atoms with Crippen LogP contribution in [0.4, 0.5) is 11.4 Å². The van der Waals surface area contributed by atoms with Crippen LogP contribution in [0.2, 0.25) is 0 Å². The third-order valence-electron chi connectivity index (χ3n) is 2.62. The van der Waals surface area contributed by atoms with E-state index in [4.69, 9.17) is 15.6 Å². The Bertz CT molecular complexity index is 498. The zero-order valence-electron chi connectivity index (χ0n) is 9.27. The van der Waals surface area contributed by atoms with Crippen LogP contribution in [-0.4, -0.2) is 30.1 Å². The summed E-state index contributed by atoms with van der Waals surface area (Å²) >= 11 is 0. The van der Waals surface area contributed by atoms with Crippen LogP contribution in [0.1, 0.15) is 17.3 Å². The summed E-state index contributed by atoms with van der Waals surface area (Å²) in [7, 11) is 0. The quantitative estimate of drug-likeness (QED) is 0.738. The van der Waals surface area contributed by atoms with Gasteiger partial charge in [0.25, 0.3) is 5.91 Å². The van der Waals surface area contributed by atoms with Gasteiger partial charge < -0.3 is 20.5 Å². The van der Waals surface area contributed by atoms with Crippen molar-refractivity contribution in [1.82, 2.24) is 0 Å². The maximum atomic E-state index is 11.6. The van der Waals surface area contributed by atoms with Crippen molar-refractivity contribution in [3.05, 3.63) is 17.7 Å². The molecule has 0 fully saturated rings. The first-order valence-electron chi connectivity index (χ1n) is 5.14. The number of likely N-dealkylation sites (N-methyl/N-ethyl adjacent to an activating group) is 1. The number of carboxylic acid groups (broad SMARTS) is 1. The number of carbonyl (C=O) groups excluding carboxylic acids is 1. The van der Waals surface area contributed by atoms with Gasteiger partial charge in [-0.1, -0.05) is 0 Å². The SMILES string of the molecule is CCN1C(=O)COc2cc(N)c(C(=O)O)cc21. The summed E-state index contributed by atoms with van der Waals surface area (Å²) in [6, 6.07) is 2.81. The Balaban J connectivity index is 2.58. The van der Waals surface area contributed by atoms with Gasteiger partial charge in [-0.25, -0.2) is 4.79 Å². The first-order valence-corrected chi connectivity index (χ1v) is 5.14. The highest BCUT2D eigenvalue weighted by molar-refractivity contribution is 6.02. The van der Waals surface area contributed by atoms with Gasteiger partial charge in [0.2, 0.25) is 0 Å². The maximum absolute atomic E-state index is 11.6. The van der Waals surface area contributed by atoms with E-state index >= 15 is 0 Å². The summed E-state index contributed by atoms with van der Waals surface area (Å²) in [4.78, 5) is 24.0. The number of benzene rings is 1. The fraction of sp³-hybridized carbons (Fsp3) is 0.273. The zero-order chi connectivity index (χ0) is 12.6. The van der Waals surface area contributed by atoms with E-state index in [0.717, 1.165) is 0 Å². The summed E-state index contributed by atoms with van der Waals surface area (Å²) in [6.07, 6.45) is 0. The van der Waals surface area contributed by atoms with E-state index in [-0.39, 0.29) is 23.8 Å². The number of fused-ring (bicyclic) bond motifs is 1. The van der Waals surface area contributed by atoms with E-state index in [1.165, 1.54) is 17.0 Å². The largest absolute Gasteiger partial charge is 0.481 e. The summed E-state index contributed by atoms with van der Waals surface area (Å²) < 4.78 is 5.22. The fourth-order valence-corrected chi connectivity index (χ4v) is 1.79. The van der Waals surface area contributed by atoms with Gasteiger partial charge in [-0.15, -0.1) is 0 Å². The number of ether oxygens (including phenoxy) is 1. The first kappa shape index (κ1) is 11.3. The van der Waals surface area contributed by atoms with Crippen molar-refractivity contribution >= 4 is 23.3 Å². The van der Waals surface area contributed by atoms with Crippen molar-refractivity contribution in [2.24, 2.45) is 0 Å². The molecule has 1 aromatic carbocycles. The Hall–Kier alpha value is -2.24. The average Bonchev–Trinajstić information content (AvgIpc) is 2.28. The summed E-state index contributed by atoms with van der Waals surface area (Å²) in [5, 5.41) is 8.97. The van der Waals surface area contributed by atoms with Crippen LogP contribution in [-0.2, 0) is 4.79 Å². The molecule has 0 radical (unpaired) electrons. The molecule has 0 saturated heterocycles. The number of hydrogen-bond acceptors (Lipinski definition) is 4. The lowest BCUT2D eigenvalue weighted by molar-refractivity contribution is -0.121. The van der Waals surface area contributed by atoms with Crippen LogP contribution < -0.4 is 15.4 Å². The molecule has 3 N–H and O–H groups in total. The summed E-state index contributed by atoms with van der Waals surface area (Å²) in [6.45, 7) is 2.22. The van der Waals surface area contributed by atoms with Crippen LogP contribution in [0, 0.1) is 0 Å². The van der Waals surface area contributed by atoms with Crippen LogP contribution >= 0.6 is 0 Å². The van der Waals surface area contributed by atoms with Crippen molar-refractivity contribution in [2.45, 2.75) is 6.92 Å². The van der Waals surface area contributed by atoms with Crippen LogP contribution in [0.3, 0.4) is 0 Å². The first-order chi connectivity index (χ1) is 8.04. The van der Waals surface area contributed by atoms with Crippen molar-refractivity contribution in [3.63, 3.8) is 0 Å². The second-order valence-electron chi connectivity index (χ2n) is 3.64. The van der Waals surface area contributed by atoms with Crippen molar-refractivity contribution in [2.75, 3.05) is 23.8 Å². The van der Waals surface area contributed by atoms with Crippen molar-refractivity contribution in [3.8, 4) is 5.75 Å². The Labute approximate surface area is 97.6 Å². The van der Waals surface area contributed by atoms with Gasteiger partial charge in [-0.2, -0.15) is 0 Å². The van der Waals surface area contributed by atoms with E-state index in [2.05, 4.69) is 0 Å². The minimum absolute atomic E-state index is 0.0273. The third-order valence-corrected chi connectivity index (χ3v) is 2.62. The predicted molar refractivity (Wildman–Crippen MR) is 61.3 cm³/mol. The molecular formula is C11H12N2O4. The molecule has 17 heavy (non-hydrogen) atoms. The number of hydrogen-bond donors (Lipinski definition) is 2. The molecule has 0 aliphatic carbocycles. The molecule has 1 amide bonds. The molecule has 0 unspecified atom stereocenters. The third kappa shape index (κ3) is 1.77. The monoisotopic (exact) mass is 236 g/mol. The molecule has 1 aliphatic rings. The molecule has 0 aromatic heterocycles. The number of nitrogen functional groups attached to an aromatic ring is 1. The van der Waals surface area contributed by atoms with Gasteiger partial charge in [0, 0.05) is 18.3 Å². The minimum atomic E-state index is -1.13. The van der Waals surface area contributed by atoms with Gasteiger partial charge >= 0.3 is 5.97 Å². The number of nitrogens with zero attached hydrogens (tertiary/aromatic N) is 1. The fourth-order valence-electron chi connectivity index (χ4n) is 1.79. The molecule has 0 saturated carbocycles. The Morgan fingerprint density at radius 2 is 2.29 bits per heavy atom. The van der Waals surface area contributed by atoms with E-state index in [9.17, 15) is 9.59 Å². The number of carboxylic acids is 1. The molecule has 1 aromatic rings. The lowest BCUT2D eigenvalue weighted by Crippen LogP contribution is -2.38. The highest BCUT2D eigenvalue weighted by atomic mass is 16.5. The second kappa shape index (κ2) is 3.97. The molecule has 1 aliphatic heterocycles. The molecule has 2 rings (SSSR count). The highest BCUT2D eigenvalue weighted by Gasteiger charge is 2.26. The summed E-state index contributed by atoms with van der Waals surface area (Å²) in [5.74, 6) is -0.880. The number of rotatable bonds is 2. The van der Waals surface area contributed by atoms with Crippen LogP contribution in [0.5, 0.6) is 5.75 Å². The van der Waals surface area contributed by atoms with Gasteiger partial charge in [0.15, 0.2) is 6.61 Å². The molecule has 1 heterocycles. The lowest BCUT2D eigenvalue weighted by atomic mass is 10.1. The zero-order valence-corrected chi connectivity index (χ0v) is 9.27. The second-order valence-corrected chi connectivity index (χ2v) is 3.64. The standard InChI is InChI=1S/C11H12N2O4/c1-2-13-8-3-6(11(15)16)7(12)4-9(8)17-5-10(13)14/h3-4H,2,5,12H2,1H3,(H,15,16). The number of anilines is 2. The van der Waals surface area contributed by atoms with Crippen LogP contribution in [0.25, 0.3) is 0 Å². The van der Waals surface area contributed by atoms with Gasteiger partial charge in [0.05, 0.1) is 11.3 Å². The summed E-state index contributed by atoms with van der Waals surface area (Å²) in [5.41, 5.74) is 6.16. The highest BCUT2D eigenvalue weighted by Crippen LogP contribution is 2.35. The number of carbonyl (C=O) groups is 2. The Morgan fingerprint density at radius 3 is 2.88 bits per heavy atom. The van der Waals surface area contributed by atoms with Crippen molar-refractivity contribution < 1.29 is 19.4 Å². The molecule has 90 valence electrons. The van der Waals surface area contributed by atoms with E-state index in [1.807, 2.05) is 6.92 Å². The Morgan fingerprint density at radius 1 is 1.59 bits per heavy atom. The average molecular weight is 236 g/mol. The molecule has 0 spiro atoms. The number of nitrogens with two attached hydrogens (primary N) is 1. The van der Waals surface area contributed by atoms with E-state index in [0.29, 0.717) is 18.0 Å². The predicted octanol–water partition coefficient (Wildman–Crippen LogP) is 0.712. The molecule has 0 atom stereocenters. The number of aromatic carboxylic acids is 1.